The monoisotopic (exact) mass is 368 g/mol. The Balaban J connectivity index is 1.45. The van der Waals surface area contributed by atoms with Crippen molar-refractivity contribution in [3.8, 4) is 0 Å². The van der Waals surface area contributed by atoms with Gasteiger partial charge in [-0.3, -0.25) is 14.8 Å². The van der Waals surface area contributed by atoms with Gasteiger partial charge in [0.05, 0.1) is 11.0 Å². The van der Waals surface area contributed by atoms with Crippen LogP contribution < -0.4 is 0 Å². The molecule has 2 saturated heterocycles. The van der Waals surface area contributed by atoms with Gasteiger partial charge in [-0.2, -0.15) is 0 Å². The number of amides is 1. The molecule has 3 heterocycles. The van der Waals surface area contributed by atoms with E-state index in [1.165, 1.54) is 25.7 Å². The third-order valence-corrected chi connectivity index (χ3v) is 6.01. The molecule has 2 aliphatic heterocycles. The van der Waals surface area contributed by atoms with Crippen molar-refractivity contribution in [2.75, 3.05) is 39.3 Å². The maximum Gasteiger partial charge on any atom is 0.253 e. The summed E-state index contributed by atoms with van der Waals surface area (Å²) in [6, 6.07) is 5.50. The van der Waals surface area contributed by atoms with Crippen molar-refractivity contribution in [3.63, 3.8) is 0 Å². The second kappa shape index (κ2) is 8.31. The summed E-state index contributed by atoms with van der Waals surface area (Å²) in [5.41, 5.74) is 2.18. The largest absolute Gasteiger partial charge is 0.396 e. The summed E-state index contributed by atoms with van der Waals surface area (Å²) in [5.74, 6) is 0.536. The molecule has 0 bridgehead atoms. The Morgan fingerprint density at radius 1 is 1.00 bits per heavy atom. The summed E-state index contributed by atoms with van der Waals surface area (Å²) in [6.45, 7) is 4.77. The summed E-state index contributed by atoms with van der Waals surface area (Å²) in [7, 11) is 0. The number of aliphatic hydroxyl groups is 1. The molecule has 27 heavy (non-hydrogen) atoms. The first-order valence-electron chi connectivity index (χ1n) is 10.1. The molecule has 0 spiro atoms. The average Bonchev–Trinajstić information content (AvgIpc) is 2.93. The highest BCUT2D eigenvalue weighted by atomic mass is 16.3. The lowest BCUT2D eigenvalue weighted by Crippen LogP contribution is -2.35. The molecular formula is C21H28N4O2. The topological polar surface area (TPSA) is 69.6 Å². The average molecular weight is 368 g/mol. The normalized spacial score (nSPS) is 24.3. The van der Waals surface area contributed by atoms with E-state index < -0.39 is 0 Å². The van der Waals surface area contributed by atoms with E-state index in [4.69, 9.17) is 0 Å². The standard InChI is InChI=1S/C21H28N4O2/c26-15-18-14-25(13-17(18)12-24-9-3-1-2-4-10-24)21(27)16-5-6-19-20(11-16)23-8-7-22-19/h5-8,11,17-18,26H,1-4,9-10,12-15H2/t17-,18-/m1/s1. The molecule has 0 aliphatic carbocycles. The molecule has 144 valence electrons. The molecule has 0 radical (unpaired) electrons. The van der Waals surface area contributed by atoms with Gasteiger partial charge >= 0.3 is 0 Å². The zero-order valence-corrected chi connectivity index (χ0v) is 15.8. The molecule has 1 amide bonds. The van der Waals surface area contributed by atoms with Gasteiger partial charge in [-0.1, -0.05) is 12.8 Å². The van der Waals surface area contributed by atoms with Crippen molar-refractivity contribution >= 4 is 16.9 Å². The highest BCUT2D eigenvalue weighted by Gasteiger charge is 2.36. The van der Waals surface area contributed by atoms with Crippen LogP contribution in [0.3, 0.4) is 0 Å². The van der Waals surface area contributed by atoms with E-state index in [1.807, 2.05) is 23.1 Å². The summed E-state index contributed by atoms with van der Waals surface area (Å²) < 4.78 is 0. The Bertz CT molecular complexity index is 789. The fourth-order valence-electron chi connectivity index (χ4n) is 4.45. The molecule has 4 rings (SSSR count). The Hall–Kier alpha value is -2.05. The summed E-state index contributed by atoms with van der Waals surface area (Å²) in [5, 5.41) is 9.86. The number of hydrogen-bond acceptors (Lipinski definition) is 5. The molecule has 2 fully saturated rings. The number of benzene rings is 1. The molecule has 1 N–H and O–H groups in total. The van der Waals surface area contributed by atoms with Gasteiger partial charge in [-0.05, 0) is 50.0 Å². The van der Waals surface area contributed by atoms with Gasteiger partial charge in [0.1, 0.15) is 0 Å². The lowest BCUT2D eigenvalue weighted by Gasteiger charge is -2.26. The van der Waals surface area contributed by atoms with Crippen LogP contribution >= 0.6 is 0 Å². The first-order valence-corrected chi connectivity index (χ1v) is 10.1. The maximum atomic E-state index is 13.0. The van der Waals surface area contributed by atoms with Gasteiger partial charge in [-0.25, -0.2) is 0 Å². The van der Waals surface area contributed by atoms with Crippen LogP contribution in [0, 0.1) is 11.8 Å². The van der Waals surface area contributed by atoms with Crippen LogP contribution in [-0.4, -0.2) is 70.1 Å². The second-order valence-corrected chi connectivity index (χ2v) is 7.89. The molecule has 2 aromatic rings. The Morgan fingerprint density at radius 3 is 2.44 bits per heavy atom. The third-order valence-electron chi connectivity index (χ3n) is 6.01. The van der Waals surface area contributed by atoms with Crippen molar-refractivity contribution in [1.82, 2.24) is 19.8 Å². The minimum atomic E-state index is 0.0272. The van der Waals surface area contributed by atoms with Crippen LogP contribution in [0.4, 0.5) is 0 Å². The molecule has 6 heteroatoms. The molecule has 6 nitrogen and oxygen atoms in total. The summed E-state index contributed by atoms with van der Waals surface area (Å²) in [6.07, 6.45) is 8.46. The molecule has 1 aromatic carbocycles. The van der Waals surface area contributed by atoms with Gasteiger partial charge in [-0.15, -0.1) is 0 Å². The number of carbonyl (C=O) groups excluding carboxylic acids is 1. The van der Waals surface area contributed by atoms with Crippen LogP contribution in [-0.2, 0) is 0 Å². The number of aromatic nitrogens is 2. The van der Waals surface area contributed by atoms with E-state index in [2.05, 4.69) is 14.9 Å². The van der Waals surface area contributed by atoms with Gasteiger partial charge in [0, 0.05) is 50.1 Å². The molecule has 2 aliphatic rings. The van der Waals surface area contributed by atoms with Crippen molar-refractivity contribution in [1.29, 1.82) is 0 Å². The fraction of sp³-hybridized carbons (Fsp3) is 0.571. The minimum Gasteiger partial charge on any atom is -0.396 e. The van der Waals surface area contributed by atoms with Crippen LogP contribution in [0.5, 0.6) is 0 Å². The zero-order chi connectivity index (χ0) is 18.6. The molecule has 0 unspecified atom stereocenters. The van der Waals surface area contributed by atoms with Crippen LogP contribution in [0.1, 0.15) is 36.0 Å². The molecule has 1 aromatic heterocycles. The number of likely N-dealkylation sites (tertiary alicyclic amines) is 2. The van der Waals surface area contributed by atoms with E-state index in [0.29, 0.717) is 18.0 Å². The van der Waals surface area contributed by atoms with E-state index in [9.17, 15) is 9.90 Å². The van der Waals surface area contributed by atoms with Crippen LogP contribution in [0.15, 0.2) is 30.6 Å². The first kappa shape index (κ1) is 18.3. The number of hydrogen-bond donors (Lipinski definition) is 1. The van der Waals surface area contributed by atoms with Crippen molar-refractivity contribution < 1.29 is 9.90 Å². The van der Waals surface area contributed by atoms with Crippen molar-refractivity contribution in [2.24, 2.45) is 11.8 Å². The van der Waals surface area contributed by atoms with E-state index in [-0.39, 0.29) is 18.4 Å². The van der Waals surface area contributed by atoms with Gasteiger partial charge < -0.3 is 14.9 Å². The smallest absolute Gasteiger partial charge is 0.253 e. The lowest BCUT2D eigenvalue weighted by atomic mass is 9.96. The van der Waals surface area contributed by atoms with Crippen molar-refractivity contribution in [3.05, 3.63) is 36.2 Å². The number of carbonyl (C=O) groups is 1. The first-order chi connectivity index (χ1) is 13.2. The Labute approximate surface area is 160 Å². The van der Waals surface area contributed by atoms with E-state index >= 15 is 0 Å². The second-order valence-electron chi connectivity index (χ2n) is 7.89. The molecule has 0 saturated carbocycles. The number of aliphatic hydroxyl groups excluding tert-OH is 1. The Kier molecular flexibility index (Phi) is 5.64. The fourth-order valence-corrected chi connectivity index (χ4v) is 4.45. The highest BCUT2D eigenvalue weighted by molar-refractivity contribution is 5.97. The SMILES string of the molecule is O=C(c1ccc2nccnc2c1)N1C[C@@H](CN2CCCCCC2)[C@@H](CO)C1. The third kappa shape index (κ3) is 4.12. The number of nitrogens with zero attached hydrogens (tertiary/aromatic N) is 4. The summed E-state index contributed by atoms with van der Waals surface area (Å²) >= 11 is 0. The lowest BCUT2D eigenvalue weighted by molar-refractivity contribution is 0.0779. The Morgan fingerprint density at radius 2 is 1.70 bits per heavy atom. The number of rotatable bonds is 4. The number of fused-ring (bicyclic) bond motifs is 1. The maximum absolute atomic E-state index is 13.0. The van der Waals surface area contributed by atoms with Crippen LogP contribution in [0.2, 0.25) is 0 Å². The zero-order valence-electron chi connectivity index (χ0n) is 15.8. The molecular weight excluding hydrogens is 340 g/mol. The highest BCUT2D eigenvalue weighted by Crippen LogP contribution is 2.27. The van der Waals surface area contributed by atoms with Gasteiger partial charge in [0.2, 0.25) is 0 Å². The van der Waals surface area contributed by atoms with Gasteiger partial charge in [0.15, 0.2) is 0 Å². The van der Waals surface area contributed by atoms with Crippen LogP contribution in [0.25, 0.3) is 11.0 Å². The minimum absolute atomic E-state index is 0.0272. The van der Waals surface area contributed by atoms with E-state index in [0.717, 1.165) is 37.2 Å². The van der Waals surface area contributed by atoms with Crippen molar-refractivity contribution in [2.45, 2.75) is 25.7 Å². The van der Waals surface area contributed by atoms with E-state index in [1.54, 1.807) is 12.4 Å². The summed E-state index contributed by atoms with van der Waals surface area (Å²) in [4.78, 5) is 26.0. The predicted molar refractivity (Wildman–Crippen MR) is 104 cm³/mol. The quantitative estimate of drug-likeness (QED) is 0.896. The van der Waals surface area contributed by atoms with Gasteiger partial charge in [0.25, 0.3) is 5.91 Å². The predicted octanol–water partition coefficient (Wildman–Crippen LogP) is 2.19. The molecule has 2 atom stereocenters.